The van der Waals surface area contributed by atoms with Crippen LogP contribution in [0.2, 0.25) is 0 Å². The highest BCUT2D eigenvalue weighted by Gasteiger charge is 2.28. The standard InChI is InChI=1S/C25H20FN5O/c1-16(32)31(22-15-28-21-6-4-3-5-20(21)22)25-23(17-11-13-27-14-12-17)24(29-30(25)2)18-7-9-19(26)10-8-18/h3-15,28H,1-2H3. The minimum absolute atomic E-state index is 0.154. The number of amides is 1. The Kier molecular flexibility index (Phi) is 4.78. The van der Waals surface area contributed by atoms with Crippen molar-refractivity contribution in [2.45, 2.75) is 6.92 Å². The molecule has 0 aliphatic rings. The molecule has 0 aliphatic heterocycles. The van der Waals surface area contributed by atoms with Gasteiger partial charge >= 0.3 is 0 Å². The minimum atomic E-state index is -0.320. The second-order valence-corrected chi connectivity index (χ2v) is 7.49. The summed E-state index contributed by atoms with van der Waals surface area (Å²) in [5, 5.41) is 5.67. The van der Waals surface area contributed by atoms with Gasteiger partial charge in [-0.15, -0.1) is 0 Å². The summed E-state index contributed by atoms with van der Waals surface area (Å²) in [6.45, 7) is 1.53. The van der Waals surface area contributed by atoms with E-state index in [1.54, 1.807) is 41.2 Å². The molecule has 0 unspecified atom stereocenters. The molecule has 32 heavy (non-hydrogen) atoms. The number of hydrogen-bond acceptors (Lipinski definition) is 3. The molecule has 158 valence electrons. The summed E-state index contributed by atoms with van der Waals surface area (Å²) >= 11 is 0. The normalized spacial score (nSPS) is 11.1. The van der Waals surface area contributed by atoms with Crippen molar-refractivity contribution in [1.82, 2.24) is 19.7 Å². The lowest BCUT2D eigenvalue weighted by molar-refractivity contribution is -0.115. The van der Waals surface area contributed by atoms with Gasteiger partial charge in [0.05, 0.1) is 11.3 Å². The molecule has 0 spiro atoms. The largest absolute Gasteiger partial charge is 0.359 e. The molecule has 0 aliphatic carbocycles. The number of aromatic nitrogens is 4. The first-order valence-electron chi connectivity index (χ1n) is 10.1. The number of pyridine rings is 1. The van der Waals surface area contributed by atoms with Crippen LogP contribution in [0.15, 0.2) is 79.3 Å². The molecule has 3 aromatic heterocycles. The predicted octanol–water partition coefficient (Wildman–Crippen LogP) is 5.45. The summed E-state index contributed by atoms with van der Waals surface area (Å²) in [5.74, 6) is 0.144. The highest BCUT2D eigenvalue weighted by molar-refractivity contribution is 6.10. The molecular formula is C25H20FN5O. The number of halogens is 1. The van der Waals surface area contributed by atoms with E-state index in [4.69, 9.17) is 5.10 Å². The first kappa shape index (κ1) is 19.7. The molecule has 0 saturated heterocycles. The smallest absolute Gasteiger partial charge is 0.229 e. The molecule has 0 bridgehead atoms. The van der Waals surface area contributed by atoms with Gasteiger partial charge in [-0.05, 0) is 48.0 Å². The minimum Gasteiger partial charge on any atom is -0.359 e. The molecule has 0 atom stereocenters. The number of aromatic amines is 1. The quantitative estimate of drug-likeness (QED) is 0.416. The molecule has 5 rings (SSSR count). The summed E-state index contributed by atoms with van der Waals surface area (Å²) in [5.41, 5.74) is 4.69. The van der Waals surface area contributed by atoms with E-state index in [2.05, 4.69) is 9.97 Å². The number of para-hydroxylation sites is 1. The number of hydrogen-bond donors (Lipinski definition) is 1. The van der Waals surface area contributed by atoms with Gasteiger partial charge in [0.1, 0.15) is 17.3 Å². The molecule has 2 aromatic carbocycles. The predicted molar refractivity (Wildman–Crippen MR) is 123 cm³/mol. The van der Waals surface area contributed by atoms with Gasteiger partial charge in [-0.1, -0.05) is 18.2 Å². The summed E-state index contributed by atoms with van der Waals surface area (Å²) in [7, 11) is 1.80. The number of nitrogens with zero attached hydrogens (tertiary/aromatic N) is 4. The summed E-state index contributed by atoms with van der Waals surface area (Å²) in [4.78, 5) is 22.1. The van der Waals surface area contributed by atoms with Crippen molar-refractivity contribution in [2.75, 3.05) is 4.90 Å². The Bertz CT molecular complexity index is 1420. The fourth-order valence-electron chi connectivity index (χ4n) is 4.04. The van der Waals surface area contributed by atoms with Crippen LogP contribution in [0.25, 0.3) is 33.3 Å². The molecule has 5 aromatic rings. The second-order valence-electron chi connectivity index (χ2n) is 7.49. The van der Waals surface area contributed by atoms with Crippen LogP contribution in [0.3, 0.4) is 0 Å². The number of carbonyl (C=O) groups excluding carboxylic acids is 1. The number of aryl methyl sites for hydroxylation is 1. The fourth-order valence-corrected chi connectivity index (χ4v) is 4.04. The van der Waals surface area contributed by atoms with Crippen LogP contribution in [-0.2, 0) is 11.8 Å². The Labute approximate surface area is 184 Å². The molecule has 1 amide bonds. The number of benzene rings is 2. The zero-order valence-corrected chi connectivity index (χ0v) is 17.6. The fraction of sp³-hybridized carbons (Fsp3) is 0.0800. The SMILES string of the molecule is CC(=O)N(c1c[nH]c2ccccc12)c1c(-c2ccncc2)c(-c2ccc(F)cc2)nn1C. The van der Waals surface area contributed by atoms with Gasteiger partial charge in [0.25, 0.3) is 0 Å². The van der Waals surface area contributed by atoms with Gasteiger partial charge in [-0.25, -0.2) is 4.39 Å². The van der Waals surface area contributed by atoms with Gasteiger partial charge in [-0.2, -0.15) is 5.10 Å². The van der Waals surface area contributed by atoms with Gasteiger partial charge in [0, 0.05) is 49.0 Å². The van der Waals surface area contributed by atoms with Crippen LogP contribution >= 0.6 is 0 Å². The molecule has 0 saturated carbocycles. The van der Waals surface area contributed by atoms with E-state index in [1.165, 1.54) is 19.1 Å². The number of fused-ring (bicyclic) bond motifs is 1. The Morgan fingerprint density at radius 3 is 2.44 bits per heavy atom. The lowest BCUT2D eigenvalue weighted by Crippen LogP contribution is -2.25. The van der Waals surface area contributed by atoms with Gasteiger partial charge in [0.2, 0.25) is 5.91 Å². The summed E-state index contributed by atoms with van der Waals surface area (Å²) < 4.78 is 15.3. The molecule has 7 heteroatoms. The van der Waals surface area contributed by atoms with Crippen molar-refractivity contribution in [3.63, 3.8) is 0 Å². The van der Waals surface area contributed by atoms with E-state index in [0.717, 1.165) is 33.3 Å². The number of nitrogens with one attached hydrogen (secondary N) is 1. The maximum Gasteiger partial charge on any atom is 0.229 e. The summed E-state index contributed by atoms with van der Waals surface area (Å²) in [6, 6.07) is 17.8. The Morgan fingerprint density at radius 1 is 1.00 bits per heavy atom. The van der Waals surface area contributed by atoms with Crippen LogP contribution in [0, 0.1) is 5.82 Å². The second kappa shape index (κ2) is 7.77. The zero-order valence-electron chi connectivity index (χ0n) is 17.6. The molecule has 6 nitrogen and oxygen atoms in total. The first-order chi connectivity index (χ1) is 15.5. The number of anilines is 2. The van der Waals surface area contributed by atoms with Crippen LogP contribution < -0.4 is 4.90 Å². The molecule has 1 N–H and O–H groups in total. The van der Waals surface area contributed by atoms with Gasteiger partial charge < -0.3 is 4.98 Å². The average molecular weight is 425 g/mol. The third-order valence-corrected chi connectivity index (χ3v) is 5.44. The maximum absolute atomic E-state index is 13.6. The highest BCUT2D eigenvalue weighted by atomic mass is 19.1. The Hall–Kier alpha value is -4.26. The van der Waals surface area contributed by atoms with Crippen molar-refractivity contribution < 1.29 is 9.18 Å². The Balaban J connectivity index is 1.81. The average Bonchev–Trinajstić information content (AvgIpc) is 3.37. The van der Waals surface area contributed by atoms with E-state index in [-0.39, 0.29) is 11.7 Å². The lowest BCUT2D eigenvalue weighted by atomic mass is 10.0. The lowest BCUT2D eigenvalue weighted by Gasteiger charge is -2.22. The molecule has 3 heterocycles. The molecule has 0 radical (unpaired) electrons. The summed E-state index contributed by atoms with van der Waals surface area (Å²) in [6.07, 6.45) is 5.22. The first-order valence-corrected chi connectivity index (χ1v) is 10.1. The number of rotatable bonds is 4. The third kappa shape index (κ3) is 3.24. The van der Waals surface area contributed by atoms with Crippen molar-refractivity contribution in [3.8, 4) is 22.4 Å². The molecular weight excluding hydrogens is 405 g/mol. The van der Waals surface area contributed by atoms with Crippen LogP contribution in [0.5, 0.6) is 0 Å². The zero-order chi connectivity index (χ0) is 22.2. The van der Waals surface area contributed by atoms with Crippen molar-refractivity contribution in [1.29, 1.82) is 0 Å². The van der Waals surface area contributed by atoms with Crippen molar-refractivity contribution in [3.05, 3.63) is 85.1 Å². The third-order valence-electron chi connectivity index (χ3n) is 5.44. The topological polar surface area (TPSA) is 66.8 Å². The van der Waals surface area contributed by atoms with E-state index in [1.807, 2.05) is 42.6 Å². The monoisotopic (exact) mass is 425 g/mol. The van der Waals surface area contributed by atoms with E-state index < -0.39 is 0 Å². The van der Waals surface area contributed by atoms with E-state index in [0.29, 0.717) is 11.5 Å². The molecule has 0 fully saturated rings. The van der Waals surface area contributed by atoms with Crippen LogP contribution in [0.1, 0.15) is 6.92 Å². The van der Waals surface area contributed by atoms with Crippen LogP contribution in [-0.4, -0.2) is 25.7 Å². The van der Waals surface area contributed by atoms with E-state index in [9.17, 15) is 9.18 Å². The van der Waals surface area contributed by atoms with Gasteiger partial charge in [-0.3, -0.25) is 19.4 Å². The van der Waals surface area contributed by atoms with Crippen LogP contribution in [0.4, 0.5) is 15.9 Å². The van der Waals surface area contributed by atoms with Crippen molar-refractivity contribution >= 4 is 28.3 Å². The number of carbonyl (C=O) groups is 1. The highest BCUT2D eigenvalue weighted by Crippen LogP contribution is 2.43. The van der Waals surface area contributed by atoms with Gasteiger partial charge in [0.15, 0.2) is 0 Å². The number of H-pyrrole nitrogens is 1. The maximum atomic E-state index is 13.6. The van der Waals surface area contributed by atoms with E-state index >= 15 is 0 Å². The Morgan fingerprint density at radius 2 is 1.72 bits per heavy atom. The van der Waals surface area contributed by atoms with Crippen molar-refractivity contribution in [2.24, 2.45) is 7.05 Å².